The Morgan fingerprint density at radius 2 is 2.05 bits per heavy atom. The molecule has 19 heavy (non-hydrogen) atoms. The van der Waals surface area contributed by atoms with E-state index in [1.165, 1.54) is 0 Å². The van der Waals surface area contributed by atoms with Crippen LogP contribution in [0.4, 0.5) is 0 Å². The van der Waals surface area contributed by atoms with Crippen molar-refractivity contribution in [2.75, 3.05) is 7.11 Å². The van der Waals surface area contributed by atoms with Gasteiger partial charge in [-0.2, -0.15) is 4.98 Å². The van der Waals surface area contributed by atoms with Gasteiger partial charge in [0.05, 0.1) is 6.04 Å². The molecule has 2 rings (SSSR count). The largest absolute Gasteiger partial charge is 0.369 e. The molecule has 0 spiro atoms. The van der Waals surface area contributed by atoms with Crippen LogP contribution in [0, 0.1) is 0 Å². The van der Waals surface area contributed by atoms with E-state index in [0.29, 0.717) is 11.7 Å². The van der Waals surface area contributed by atoms with Crippen LogP contribution in [0.15, 0.2) is 34.9 Å². The molecule has 1 aromatic heterocycles. The van der Waals surface area contributed by atoms with E-state index in [9.17, 15) is 0 Å². The molecule has 0 amide bonds. The van der Waals surface area contributed by atoms with Crippen LogP contribution >= 0.6 is 0 Å². The molecule has 5 heteroatoms. The van der Waals surface area contributed by atoms with Gasteiger partial charge in [0.25, 0.3) is 0 Å². The minimum Gasteiger partial charge on any atom is -0.369 e. The molecule has 2 atom stereocenters. The first-order chi connectivity index (χ1) is 9.26. The van der Waals surface area contributed by atoms with Crippen LogP contribution in [0.1, 0.15) is 49.2 Å². The SMILES string of the molecule is CCC[C@H](N)c1nc(C(OC)c2ccccc2)no1. The molecule has 0 aliphatic rings. The Morgan fingerprint density at radius 3 is 2.68 bits per heavy atom. The van der Waals surface area contributed by atoms with Crippen LogP contribution < -0.4 is 5.73 Å². The Morgan fingerprint density at radius 1 is 1.32 bits per heavy atom. The van der Waals surface area contributed by atoms with Crippen LogP contribution in [0.25, 0.3) is 0 Å². The predicted octanol–water partition coefficient (Wildman–Crippen LogP) is 2.61. The molecule has 2 N–H and O–H groups in total. The molecule has 5 nitrogen and oxygen atoms in total. The molecule has 0 bridgehead atoms. The fourth-order valence-electron chi connectivity index (χ4n) is 1.96. The average Bonchev–Trinajstić information content (AvgIpc) is 2.91. The summed E-state index contributed by atoms with van der Waals surface area (Å²) in [4.78, 5) is 4.35. The Labute approximate surface area is 112 Å². The van der Waals surface area contributed by atoms with Crippen molar-refractivity contribution in [3.8, 4) is 0 Å². The van der Waals surface area contributed by atoms with Crippen molar-refractivity contribution in [3.63, 3.8) is 0 Å². The van der Waals surface area contributed by atoms with E-state index in [-0.39, 0.29) is 12.1 Å². The lowest BCUT2D eigenvalue weighted by Gasteiger charge is -2.11. The van der Waals surface area contributed by atoms with Gasteiger partial charge in [-0.05, 0) is 12.0 Å². The first kappa shape index (κ1) is 13.7. The van der Waals surface area contributed by atoms with Crippen molar-refractivity contribution < 1.29 is 9.26 Å². The van der Waals surface area contributed by atoms with Gasteiger partial charge in [-0.1, -0.05) is 48.8 Å². The molecule has 0 aliphatic carbocycles. The van der Waals surface area contributed by atoms with Crippen LogP contribution in [0.5, 0.6) is 0 Å². The van der Waals surface area contributed by atoms with Crippen molar-refractivity contribution >= 4 is 0 Å². The molecule has 1 aromatic carbocycles. The highest BCUT2D eigenvalue weighted by atomic mass is 16.5. The Bertz CT molecular complexity index is 498. The summed E-state index contributed by atoms with van der Waals surface area (Å²) < 4.78 is 10.7. The first-order valence-electron chi connectivity index (χ1n) is 6.43. The van der Waals surface area contributed by atoms with Crippen molar-refractivity contribution in [2.24, 2.45) is 5.73 Å². The number of benzene rings is 1. The summed E-state index contributed by atoms with van der Waals surface area (Å²) in [6, 6.07) is 9.58. The molecule has 0 radical (unpaired) electrons. The van der Waals surface area contributed by atoms with Crippen LogP contribution in [-0.4, -0.2) is 17.3 Å². The van der Waals surface area contributed by atoms with Crippen LogP contribution in [0.2, 0.25) is 0 Å². The van der Waals surface area contributed by atoms with Crippen molar-refractivity contribution in [1.82, 2.24) is 10.1 Å². The van der Waals surface area contributed by atoms with Gasteiger partial charge in [0, 0.05) is 7.11 Å². The van der Waals surface area contributed by atoms with Gasteiger partial charge in [-0.25, -0.2) is 0 Å². The number of aromatic nitrogens is 2. The molecule has 0 saturated heterocycles. The normalized spacial score (nSPS) is 14.3. The third kappa shape index (κ3) is 3.19. The maximum atomic E-state index is 5.96. The maximum Gasteiger partial charge on any atom is 0.243 e. The standard InChI is InChI=1S/C14H19N3O2/c1-3-7-11(15)14-16-13(17-19-14)12(18-2)10-8-5-4-6-9-10/h4-6,8-9,11-12H,3,7,15H2,1-2H3/t11-,12?/m0/s1. The van der Waals surface area contributed by atoms with E-state index >= 15 is 0 Å². The second kappa shape index (κ2) is 6.45. The monoisotopic (exact) mass is 261 g/mol. The number of hydrogen-bond donors (Lipinski definition) is 1. The van der Waals surface area contributed by atoms with E-state index in [4.69, 9.17) is 15.0 Å². The maximum absolute atomic E-state index is 5.96. The minimum absolute atomic E-state index is 0.209. The zero-order valence-corrected chi connectivity index (χ0v) is 11.2. The van der Waals surface area contributed by atoms with E-state index in [1.807, 2.05) is 30.3 Å². The lowest BCUT2D eigenvalue weighted by molar-refractivity contribution is 0.126. The van der Waals surface area contributed by atoms with E-state index in [2.05, 4.69) is 17.1 Å². The van der Waals surface area contributed by atoms with Gasteiger partial charge < -0.3 is 15.0 Å². The summed E-state index contributed by atoms with van der Waals surface area (Å²) in [5.74, 6) is 0.977. The first-order valence-corrected chi connectivity index (χ1v) is 6.43. The fourth-order valence-corrected chi connectivity index (χ4v) is 1.96. The highest BCUT2D eigenvalue weighted by Crippen LogP contribution is 2.24. The zero-order valence-electron chi connectivity index (χ0n) is 11.2. The number of nitrogens with zero attached hydrogens (tertiary/aromatic N) is 2. The average molecular weight is 261 g/mol. The lowest BCUT2D eigenvalue weighted by atomic mass is 10.1. The summed E-state index contributed by atoms with van der Waals surface area (Å²) in [5.41, 5.74) is 6.95. The third-order valence-electron chi connectivity index (χ3n) is 2.95. The quantitative estimate of drug-likeness (QED) is 0.865. The van der Waals surface area contributed by atoms with Crippen molar-refractivity contribution in [1.29, 1.82) is 0 Å². The summed E-state index contributed by atoms with van der Waals surface area (Å²) in [6.45, 7) is 2.07. The van der Waals surface area contributed by atoms with Crippen molar-refractivity contribution in [2.45, 2.75) is 31.9 Å². The van der Waals surface area contributed by atoms with E-state index in [0.717, 1.165) is 18.4 Å². The number of rotatable bonds is 6. The highest BCUT2D eigenvalue weighted by molar-refractivity contribution is 5.22. The second-order valence-corrected chi connectivity index (χ2v) is 4.41. The molecule has 0 aliphatic heterocycles. The topological polar surface area (TPSA) is 74.2 Å². The highest BCUT2D eigenvalue weighted by Gasteiger charge is 2.21. The van der Waals surface area contributed by atoms with Gasteiger partial charge in [0.2, 0.25) is 11.7 Å². The predicted molar refractivity (Wildman–Crippen MR) is 71.4 cm³/mol. The van der Waals surface area contributed by atoms with E-state index < -0.39 is 0 Å². The number of ether oxygens (including phenoxy) is 1. The molecule has 0 fully saturated rings. The fraction of sp³-hybridized carbons (Fsp3) is 0.429. The van der Waals surface area contributed by atoms with Crippen LogP contribution in [0.3, 0.4) is 0 Å². The summed E-state index contributed by atoms with van der Waals surface area (Å²) >= 11 is 0. The number of hydrogen-bond acceptors (Lipinski definition) is 5. The van der Waals surface area contributed by atoms with Gasteiger partial charge >= 0.3 is 0 Å². The van der Waals surface area contributed by atoms with Crippen molar-refractivity contribution in [3.05, 3.63) is 47.6 Å². The second-order valence-electron chi connectivity index (χ2n) is 4.41. The minimum atomic E-state index is -0.326. The van der Waals surface area contributed by atoms with E-state index in [1.54, 1.807) is 7.11 Å². The molecular formula is C14H19N3O2. The van der Waals surface area contributed by atoms with Gasteiger partial charge in [-0.15, -0.1) is 0 Å². The van der Waals surface area contributed by atoms with Gasteiger partial charge in [-0.3, -0.25) is 0 Å². The molecular weight excluding hydrogens is 242 g/mol. The molecule has 1 unspecified atom stereocenters. The Balaban J connectivity index is 2.21. The summed E-state index contributed by atoms with van der Waals surface area (Å²) in [6.07, 6.45) is 1.48. The molecule has 102 valence electrons. The third-order valence-corrected chi connectivity index (χ3v) is 2.95. The molecule has 2 aromatic rings. The number of nitrogens with two attached hydrogens (primary N) is 1. The molecule has 1 heterocycles. The summed E-state index contributed by atoms with van der Waals surface area (Å²) in [7, 11) is 1.62. The Kier molecular flexibility index (Phi) is 4.65. The lowest BCUT2D eigenvalue weighted by Crippen LogP contribution is -2.11. The Hall–Kier alpha value is -1.72. The van der Waals surface area contributed by atoms with Crippen LogP contribution in [-0.2, 0) is 4.74 Å². The van der Waals surface area contributed by atoms with Gasteiger partial charge in [0.1, 0.15) is 6.10 Å². The smallest absolute Gasteiger partial charge is 0.243 e. The van der Waals surface area contributed by atoms with Gasteiger partial charge in [0.15, 0.2) is 0 Å². The number of methoxy groups -OCH3 is 1. The summed E-state index contributed by atoms with van der Waals surface area (Å²) in [5, 5.41) is 3.98. The zero-order chi connectivity index (χ0) is 13.7. The molecule has 0 saturated carbocycles.